The number of nitrogens with zero attached hydrogens (tertiary/aromatic N) is 2. The summed E-state index contributed by atoms with van der Waals surface area (Å²) in [6, 6.07) is 4.74. The highest BCUT2D eigenvalue weighted by atomic mass is 19.1. The Morgan fingerprint density at radius 2 is 1.52 bits per heavy atom. The molecule has 2 aliphatic heterocycles. The Kier molecular flexibility index (Phi) is 5.83. The van der Waals surface area contributed by atoms with Crippen LogP contribution in [0.25, 0.3) is 0 Å². The van der Waals surface area contributed by atoms with Crippen LogP contribution in [0.2, 0.25) is 0 Å². The molecule has 1 aromatic rings. The molecule has 1 atom stereocenters. The van der Waals surface area contributed by atoms with Gasteiger partial charge in [-0.1, -0.05) is 0 Å². The van der Waals surface area contributed by atoms with E-state index in [2.05, 4.69) is 5.32 Å². The van der Waals surface area contributed by atoms with Crippen molar-refractivity contribution in [2.24, 2.45) is 11.8 Å². The maximum absolute atomic E-state index is 13.2. The zero-order valence-corrected chi connectivity index (χ0v) is 16.6. The first kappa shape index (κ1) is 19.9. The molecule has 2 heterocycles. The molecule has 1 N–H and O–H groups in total. The van der Waals surface area contributed by atoms with Crippen LogP contribution >= 0.6 is 0 Å². The number of halogens is 1. The number of hydrogen-bond acceptors (Lipinski definition) is 3. The number of carbonyl (C=O) groups excluding carboxylic acids is 3. The first-order chi connectivity index (χ1) is 14.0. The molecule has 3 fully saturated rings. The molecule has 0 spiro atoms. The molecule has 1 unspecified atom stereocenters. The van der Waals surface area contributed by atoms with Crippen LogP contribution < -0.4 is 5.32 Å². The van der Waals surface area contributed by atoms with Crippen LogP contribution in [0, 0.1) is 17.7 Å². The molecule has 0 aromatic heterocycles. The van der Waals surface area contributed by atoms with Crippen LogP contribution in [0.3, 0.4) is 0 Å². The lowest BCUT2D eigenvalue weighted by molar-refractivity contribution is -0.136. The number of piperidine rings is 1. The molecule has 3 aliphatic rings. The molecule has 0 bridgehead atoms. The Morgan fingerprint density at radius 3 is 2.10 bits per heavy atom. The second kappa shape index (κ2) is 8.51. The van der Waals surface area contributed by atoms with E-state index in [0.29, 0.717) is 31.5 Å². The fourth-order valence-corrected chi connectivity index (χ4v) is 4.38. The second-order valence-electron chi connectivity index (χ2n) is 8.43. The summed E-state index contributed by atoms with van der Waals surface area (Å²) < 4.78 is 13.2. The number of likely N-dealkylation sites (tertiary alicyclic amines) is 2. The summed E-state index contributed by atoms with van der Waals surface area (Å²) in [5.74, 6) is -0.369. The molecule has 0 radical (unpaired) electrons. The van der Waals surface area contributed by atoms with E-state index in [1.54, 1.807) is 0 Å². The van der Waals surface area contributed by atoms with Gasteiger partial charge in [0.05, 0.1) is 0 Å². The van der Waals surface area contributed by atoms with E-state index in [1.165, 1.54) is 24.3 Å². The first-order valence-corrected chi connectivity index (χ1v) is 10.7. The average Bonchev–Trinajstić information content (AvgIpc) is 3.45. The maximum atomic E-state index is 13.2. The van der Waals surface area contributed by atoms with Gasteiger partial charge in [-0.05, 0) is 68.7 Å². The van der Waals surface area contributed by atoms with Crippen LogP contribution in [0.1, 0.15) is 48.9 Å². The lowest BCUT2D eigenvalue weighted by Gasteiger charge is -2.37. The van der Waals surface area contributed by atoms with Crippen molar-refractivity contribution in [2.45, 2.75) is 44.6 Å². The van der Waals surface area contributed by atoms with Crippen LogP contribution in [-0.2, 0) is 9.59 Å². The van der Waals surface area contributed by atoms with Crippen molar-refractivity contribution in [3.05, 3.63) is 35.6 Å². The molecule has 6 nitrogen and oxygen atoms in total. The van der Waals surface area contributed by atoms with Gasteiger partial charge in [-0.15, -0.1) is 0 Å². The lowest BCUT2D eigenvalue weighted by atomic mass is 9.88. The SMILES string of the molecule is O=C(NC(C(=O)N1CCCC1)C1CCN(C(=O)C2CC2)CC1)c1ccc(F)cc1. The summed E-state index contributed by atoms with van der Waals surface area (Å²) in [4.78, 5) is 42.0. The molecule has 3 amide bonds. The monoisotopic (exact) mass is 401 g/mol. The van der Waals surface area contributed by atoms with E-state index in [1.807, 2.05) is 9.80 Å². The van der Waals surface area contributed by atoms with Gasteiger partial charge in [-0.25, -0.2) is 4.39 Å². The summed E-state index contributed by atoms with van der Waals surface area (Å²) in [5.41, 5.74) is 0.340. The first-order valence-electron chi connectivity index (χ1n) is 10.7. The van der Waals surface area contributed by atoms with Gasteiger partial charge in [-0.2, -0.15) is 0 Å². The van der Waals surface area contributed by atoms with Crippen LogP contribution in [0.5, 0.6) is 0 Å². The average molecular weight is 401 g/mol. The molecule has 7 heteroatoms. The number of carbonyl (C=O) groups is 3. The summed E-state index contributed by atoms with van der Waals surface area (Å²) in [6.07, 6.45) is 5.35. The van der Waals surface area contributed by atoms with E-state index in [4.69, 9.17) is 0 Å². The summed E-state index contributed by atoms with van der Waals surface area (Å²) >= 11 is 0. The molecule has 1 aliphatic carbocycles. The molecular formula is C22H28FN3O3. The third-order valence-corrected chi connectivity index (χ3v) is 6.33. The van der Waals surface area contributed by atoms with Gasteiger partial charge >= 0.3 is 0 Å². The number of rotatable bonds is 5. The Morgan fingerprint density at radius 1 is 0.897 bits per heavy atom. The van der Waals surface area contributed by atoms with E-state index in [9.17, 15) is 18.8 Å². The standard InChI is InChI=1S/C22H28FN3O3/c23-18-7-5-16(6-8-18)20(27)24-19(22(29)25-11-1-2-12-25)15-9-13-26(14-10-15)21(28)17-3-4-17/h5-8,15,17,19H,1-4,9-14H2,(H,24,27). The largest absolute Gasteiger partial charge is 0.342 e. The highest BCUT2D eigenvalue weighted by molar-refractivity contribution is 5.97. The topological polar surface area (TPSA) is 69.7 Å². The minimum absolute atomic E-state index is 0.00393. The predicted octanol–water partition coefficient (Wildman–Crippen LogP) is 2.20. The van der Waals surface area contributed by atoms with Gasteiger partial charge in [0, 0.05) is 37.7 Å². The van der Waals surface area contributed by atoms with Crippen molar-refractivity contribution in [2.75, 3.05) is 26.2 Å². The summed E-state index contributed by atoms with van der Waals surface area (Å²) in [6.45, 7) is 2.72. The van der Waals surface area contributed by atoms with E-state index in [0.717, 1.165) is 38.8 Å². The van der Waals surface area contributed by atoms with Crippen LogP contribution in [-0.4, -0.2) is 59.7 Å². The summed E-state index contributed by atoms with van der Waals surface area (Å²) in [7, 11) is 0. The molecule has 29 heavy (non-hydrogen) atoms. The van der Waals surface area contributed by atoms with Crippen LogP contribution in [0.15, 0.2) is 24.3 Å². The fourth-order valence-electron chi connectivity index (χ4n) is 4.38. The zero-order valence-electron chi connectivity index (χ0n) is 16.6. The van der Waals surface area contributed by atoms with Gasteiger partial charge in [-0.3, -0.25) is 14.4 Å². The zero-order chi connectivity index (χ0) is 20.4. The van der Waals surface area contributed by atoms with E-state index < -0.39 is 11.9 Å². The molecule has 1 saturated carbocycles. The van der Waals surface area contributed by atoms with Crippen molar-refractivity contribution in [1.82, 2.24) is 15.1 Å². The Bertz CT molecular complexity index is 764. The smallest absolute Gasteiger partial charge is 0.251 e. The molecular weight excluding hydrogens is 373 g/mol. The molecule has 4 rings (SSSR count). The van der Waals surface area contributed by atoms with Crippen molar-refractivity contribution >= 4 is 17.7 Å². The Balaban J connectivity index is 1.44. The minimum Gasteiger partial charge on any atom is -0.342 e. The normalized spacial score (nSPS) is 21.1. The van der Waals surface area contributed by atoms with Crippen molar-refractivity contribution in [1.29, 1.82) is 0 Å². The molecule has 2 saturated heterocycles. The number of benzene rings is 1. The van der Waals surface area contributed by atoms with Gasteiger partial charge in [0.2, 0.25) is 11.8 Å². The molecule has 156 valence electrons. The van der Waals surface area contributed by atoms with Gasteiger partial charge < -0.3 is 15.1 Å². The lowest BCUT2D eigenvalue weighted by Crippen LogP contribution is -2.54. The quantitative estimate of drug-likeness (QED) is 0.822. The number of amides is 3. The van der Waals surface area contributed by atoms with Gasteiger partial charge in [0.1, 0.15) is 11.9 Å². The van der Waals surface area contributed by atoms with Crippen molar-refractivity contribution in [3.8, 4) is 0 Å². The third kappa shape index (κ3) is 4.60. The highest BCUT2D eigenvalue weighted by Crippen LogP contribution is 2.33. The number of hydrogen-bond donors (Lipinski definition) is 1. The minimum atomic E-state index is -0.608. The van der Waals surface area contributed by atoms with Crippen molar-refractivity contribution < 1.29 is 18.8 Å². The molecule has 1 aromatic carbocycles. The third-order valence-electron chi connectivity index (χ3n) is 6.33. The highest BCUT2D eigenvalue weighted by Gasteiger charge is 2.39. The van der Waals surface area contributed by atoms with Gasteiger partial charge in [0.15, 0.2) is 0 Å². The summed E-state index contributed by atoms with van der Waals surface area (Å²) in [5, 5.41) is 2.92. The van der Waals surface area contributed by atoms with E-state index in [-0.39, 0.29) is 29.6 Å². The van der Waals surface area contributed by atoms with E-state index >= 15 is 0 Å². The van der Waals surface area contributed by atoms with Crippen molar-refractivity contribution in [3.63, 3.8) is 0 Å². The maximum Gasteiger partial charge on any atom is 0.251 e. The Hall–Kier alpha value is -2.44. The number of nitrogens with one attached hydrogen (secondary N) is 1. The predicted molar refractivity (Wildman–Crippen MR) is 105 cm³/mol. The Labute approximate surface area is 170 Å². The van der Waals surface area contributed by atoms with Crippen LogP contribution in [0.4, 0.5) is 4.39 Å². The second-order valence-corrected chi connectivity index (χ2v) is 8.43. The van der Waals surface area contributed by atoms with Gasteiger partial charge in [0.25, 0.3) is 5.91 Å². The fraction of sp³-hybridized carbons (Fsp3) is 0.591.